The second-order valence-corrected chi connectivity index (χ2v) is 15.3. The third-order valence-electron chi connectivity index (χ3n) is 7.40. The summed E-state index contributed by atoms with van der Waals surface area (Å²) in [5.41, 5.74) is 1.59. The molecule has 0 aliphatic carbocycles. The van der Waals surface area contributed by atoms with Crippen LogP contribution in [0.15, 0.2) is 61.4 Å². The van der Waals surface area contributed by atoms with Gasteiger partial charge >= 0.3 is 0 Å². The van der Waals surface area contributed by atoms with Gasteiger partial charge in [0, 0.05) is 34.6 Å². The number of ketones is 1. The van der Waals surface area contributed by atoms with Crippen molar-refractivity contribution in [2.45, 2.75) is 57.2 Å². The summed E-state index contributed by atoms with van der Waals surface area (Å²) in [7, 11) is -0.869. The van der Waals surface area contributed by atoms with E-state index in [0.717, 1.165) is 5.56 Å². The average molecular weight is 592 g/mol. The van der Waals surface area contributed by atoms with E-state index in [9.17, 15) is 9.59 Å². The van der Waals surface area contributed by atoms with Crippen LogP contribution in [-0.4, -0.2) is 59.8 Å². The molecule has 0 spiro atoms. The Labute approximate surface area is 246 Å². The van der Waals surface area contributed by atoms with Gasteiger partial charge in [-0.1, -0.05) is 44.5 Å². The molecule has 0 radical (unpaired) electrons. The van der Waals surface area contributed by atoms with Crippen LogP contribution in [0, 0.1) is 0 Å². The Hall–Kier alpha value is -3.44. The first kappa shape index (κ1) is 29.1. The number of anilines is 1. The van der Waals surface area contributed by atoms with E-state index in [2.05, 4.69) is 54.9 Å². The molecule has 1 aliphatic heterocycles. The van der Waals surface area contributed by atoms with Gasteiger partial charge in [0.05, 0.1) is 42.7 Å². The first-order valence-corrected chi connectivity index (χ1v) is 15.1. The zero-order chi connectivity index (χ0) is 29.4. The predicted octanol–water partition coefficient (Wildman–Crippen LogP) is 4.71. The summed E-state index contributed by atoms with van der Waals surface area (Å²) in [6.07, 6.45) is 8.15. The van der Waals surface area contributed by atoms with Gasteiger partial charge in [-0.2, -0.15) is 0 Å². The highest BCUT2D eigenvalue weighted by molar-refractivity contribution is 6.32. The SMILES string of the molecule is CC(C)(C)[SiH2]OC(C)(C)C1(n2cc(C(=O)c3cncc(NC(=O)Cc4ccc(Cl)cc4)c3)c3cncnc32)COC1. The highest BCUT2D eigenvalue weighted by atomic mass is 35.5. The molecule has 214 valence electrons. The molecule has 1 aromatic carbocycles. The van der Waals surface area contributed by atoms with E-state index in [1.54, 1.807) is 36.5 Å². The number of aromatic nitrogens is 4. The van der Waals surface area contributed by atoms with Crippen molar-refractivity contribution in [1.82, 2.24) is 19.5 Å². The summed E-state index contributed by atoms with van der Waals surface area (Å²) in [5.74, 6) is -0.472. The standard InChI is InChI=1S/C30H34ClN5O4Si/c1-28(2,3)41-40-29(4,5)30(16-39-17-30)36-15-24(23-14-33-18-34-27(23)36)26(38)20-11-22(13-32-12-20)35-25(37)10-19-6-8-21(31)9-7-19/h6-9,11-15,18H,10,16-17,41H2,1-5H3,(H,35,37). The maximum Gasteiger partial charge on any atom is 0.228 e. The van der Waals surface area contributed by atoms with Crippen LogP contribution in [-0.2, 0) is 25.9 Å². The van der Waals surface area contributed by atoms with Crippen LogP contribution in [0.3, 0.4) is 0 Å². The minimum absolute atomic E-state index is 0.118. The lowest BCUT2D eigenvalue weighted by molar-refractivity contribution is -0.184. The first-order valence-electron chi connectivity index (χ1n) is 13.5. The Morgan fingerprint density at radius 3 is 2.49 bits per heavy atom. The quantitative estimate of drug-likeness (QED) is 0.222. The number of hydrogen-bond acceptors (Lipinski definition) is 7. The smallest absolute Gasteiger partial charge is 0.228 e. The molecule has 1 amide bonds. The van der Waals surface area contributed by atoms with Crippen molar-refractivity contribution in [1.29, 1.82) is 0 Å². The maximum atomic E-state index is 13.9. The summed E-state index contributed by atoms with van der Waals surface area (Å²) in [6, 6.07) is 8.72. The second-order valence-electron chi connectivity index (χ2n) is 12.2. The van der Waals surface area contributed by atoms with E-state index in [0.29, 0.717) is 46.1 Å². The minimum atomic E-state index is -0.869. The fraction of sp³-hybridized carbons (Fsp3) is 0.367. The lowest BCUT2D eigenvalue weighted by atomic mass is 9.80. The zero-order valence-electron chi connectivity index (χ0n) is 23.9. The van der Waals surface area contributed by atoms with E-state index in [4.69, 9.17) is 20.8 Å². The maximum absolute atomic E-state index is 13.9. The van der Waals surface area contributed by atoms with Gasteiger partial charge in [0.1, 0.15) is 17.5 Å². The molecule has 9 nitrogen and oxygen atoms in total. The Kier molecular flexibility index (Phi) is 7.86. The van der Waals surface area contributed by atoms with E-state index >= 15 is 0 Å². The van der Waals surface area contributed by atoms with E-state index in [-0.39, 0.29) is 23.1 Å². The number of benzene rings is 1. The van der Waals surface area contributed by atoms with Crippen LogP contribution in [0.5, 0.6) is 0 Å². The lowest BCUT2D eigenvalue weighted by Gasteiger charge is -2.53. The van der Waals surface area contributed by atoms with Gasteiger partial charge in [0.2, 0.25) is 5.91 Å². The van der Waals surface area contributed by atoms with Crippen LogP contribution >= 0.6 is 11.6 Å². The van der Waals surface area contributed by atoms with Gasteiger partial charge in [-0.05, 0) is 42.6 Å². The second kappa shape index (κ2) is 11.1. The van der Waals surface area contributed by atoms with Crippen LogP contribution in [0.4, 0.5) is 5.69 Å². The minimum Gasteiger partial charge on any atom is -0.416 e. The van der Waals surface area contributed by atoms with Gasteiger partial charge in [-0.15, -0.1) is 0 Å². The Morgan fingerprint density at radius 1 is 1.10 bits per heavy atom. The van der Waals surface area contributed by atoms with Crippen molar-refractivity contribution >= 4 is 49.8 Å². The molecule has 5 rings (SSSR count). The molecule has 1 N–H and O–H groups in total. The number of nitrogens with zero attached hydrogens (tertiary/aromatic N) is 4. The fourth-order valence-corrected chi connectivity index (χ4v) is 6.04. The molecule has 11 heteroatoms. The van der Waals surface area contributed by atoms with Crippen LogP contribution < -0.4 is 5.32 Å². The first-order chi connectivity index (χ1) is 19.4. The van der Waals surface area contributed by atoms with E-state index in [1.807, 2.05) is 10.8 Å². The third-order valence-corrected chi connectivity index (χ3v) is 9.39. The number of hydrogen-bond donors (Lipinski definition) is 1. The Bertz CT molecular complexity index is 1590. The number of fused-ring (bicyclic) bond motifs is 1. The summed E-state index contributed by atoms with van der Waals surface area (Å²) >= 11 is 5.94. The molecule has 0 saturated carbocycles. The zero-order valence-corrected chi connectivity index (χ0v) is 26.1. The van der Waals surface area contributed by atoms with Gasteiger partial charge in [0.15, 0.2) is 15.5 Å². The molecule has 1 fully saturated rings. The molecule has 0 unspecified atom stereocenters. The summed E-state index contributed by atoms with van der Waals surface area (Å²) in [4.78, 5) is 39.5. The number of halogens is 1. The van der Waals surface area contributed by atoms with Crippen LogP contribution in [0.1, 0.15) is 56.1 Å². The van der Waals surface area contributed by atoms with Crippen molar-refractivity contribution in [3.05, 3.63) is 83.2 Å². The monoisotopic (exact) mass is 591 g/mol. The fourth-order valence-electron chi connectivity index (χ4n) is 4.86. The number of nitrogens with one attached hydrogen (secondary N) is 1. The largest absolute Gasteiger partial charge is 0.416 e. The topological polar surface area (TPSA) is 108 Å². The summed E-state index contributed by atoms with van der Waals surface area (Å²) in [5, 5.41) is 4.19. The van der Waals surface area contributed by atoms with Crippen LogP contribution in [0.25, 0.3) is 11.0 Å². The average Bonchev–Trinajstić information content (AvgIpc) is 3.27. The highest BCUT2D eigenvalue weighted by Gasteiger charge is 2.54. The number of carbonyl (C=O) groups is 2. The predicted molar refractivity (Wildman–Crippen MR) is 161 cm³/mol. The summed E-state index contributed by atoms with van der Waals surface area (Å²) < 4.78 is 14.4. The number of pyridine rings is 1. The molecule has 3 aromatic heterocycles. The molecule has 4 aromatic rings. The highest BCUT2D eigenvalue weighted by Crippen LogP contribution is 2.43. The number of rotatable bonds is 9. The third kappa shape index (κ3) is 5.96. The molecular weight excluding hydrogens is 558 g/mol. The molecule has 4 heterocycles. The van der Waals surface area contributed by atoms with Gasteiger partial charge in [-0.3, -0.25) is 14.6 Å². The van der Waals surface area contributed by atoms with E-state index < -0.39 is 20.9 Å². The van der Waals surface area contributed by atoms with Crippen molar-refractivity contribution in [3.63, 3.8) is 0 Å². The Morgan fingerprint density at radius 2 is 1.83 bits per heavy atom. The van der Waals surface area contributed by atoms with Crippen molar-refractivity contribution in [2.75, 3.05) is 18.5 Å². The molecule has 0 bridgehead atoms. The number of amides is 1. The van der Waals surface area contributed by atoms with Crippen molar-refractivity contribution in [3.8, 4) is 0 Å². The van der Waals surface area contributed by atoms with Crippen molar-refractivity contribution in [2.24, 2.45) is 0 Å². The van der Waals surface area contributed by atoms with E-state index in [1.165, 1.54) is 18.7 Å². The Balaban J connectivity index is 1.44. The lowest BCUT2D eigenvalue weighted by Crippen LogP contribution is -2.65. The van der Waals surface area contributed by atoms with Gasteiger partial charge in [0.25, 0.3) is 0 Å². The summed E-state index contributed by atoms with van der Waals surface area (Å²) in [6.45, 7) is 11.6. The molecule has 1 aliphatic rings. The van der Waals surface area contributed by atoms with Crippen LogP contribution in [0.2, 0.25) is 10.1 Å². The molecule has 1 saturated heterocycles. The van der Waals surface area contributed by atoms with Gasteiger partial charge < -0.3 is 19.0 Å². The number of carbonyl (C=O) groups excluding carboxylic acids is 2. The normalized spacial score (nSPS) is 15.3. The molecular formula is C30H34ClN5O4Si. The van der Waals surface area contributed by atoms with Crippen molar-refractivity contribution < 1.29 is 18.8 Å². The van der Waals surface area contributed by atoms with Gasteiger partial charge in [-0.25, -0.2) is 9.97 Å². The molecule has 41 heavy (non-hydrogen) atoms. The molecule has 0 atom stereocenters. The number of ether oxygens (including phenoxy) is 1.